The lowest BCUT2D eigenvalue weighted by Gasteiger charge is -2.36. The van der Waals surface area contributed by atoms with Gasteiger partial charge in [-0.05, 0) is 44.0 Å². The number of nitrogens with zero attached hydrogens (tertiary/aromatic N) is 3. The number of carbonyl (C=O) groups excluding carboxylic acids is 2. The van der Waals surface area contributed by atoms with Gasteiger partial charge in [0, 0.05) is 19.3 Å². The van der Waals surface area contributed by atoms with Gasteiger partial charge in [-0.3, -0.25) is 9.59 Å². The molecule has 2 aromatic rings. The molecule has 1 saturated heterocycles. The summed E-state index contributed by atoms with van der Waals surface area (Å²) in [5.41, 5.74) is 1.26. The van der Waals surface area contributed by atoms with Crippen LogP contribution in [0.3, 0.4) is 0 Å². The summed E-state index contributed by atoms with van der Waals surface area (Å²) in [5.74, 6) is -1.61. The van der Waals surface area contributed by atoms with Gasteiger partial charge in [0.25, 0.3) is 5.91 Å². The number of likely N-dealkylation sites (N-methyl/N-ethyl adjacent to an activating group) is 1. The van der Waals surface area contributed by atoms with E-state index < -0.39 is 17.9 Å². The molecule has 0 aliphatic carbocycles. The molecule has 1 atom stereocenters. The second kappa shape index (κ2) is 7.57. The van der Waals surface area contributed by atoms with Gasteiger partial charge in [-0.2, -0.15) is 0 Å². The summed E-state index contributed by atoms with van der Waals surface area (Å²) in [4.78, 5) is 44.1. The Labute approximate surface area is 157 Å². The highest BCUT2D eigenvalue weighted by molar-refractivity contribution is 6.02. The van der Waals surface area contributed by atoms with E-state index in [-0.39, 0.29) is 22.9 Å². The van der Waals surface area contributed by atoms with Gasteiger partial charge >= 0.3 is 5.97 Å². The van der Waals surface area contributed by atoms with Crippen LogP contribution in [-0.4, -0.2) is 52.4 Å². The van der Waals surface area contributed by atoms with Crippen LogP contribution in [-0.2, 0) is 4.79 Å². The quantitative estimate of drug-likeness (QED) is 0.896. The molecule has 1 aliphatic heterocycles. The zero-order valence-electron chi connectivity index (χ0n) is 15.3. The average molecular weight is 367 g/mol. The number of hydrogen-bond donors (Lipinski definition) is 1. The van der Waals surface area contributed by atoms with E-state index in [0.29, 0.717) is 13.0 Å². The van der Waals surface area contributed by atoms with Gasteiger partial charge in [-0.1, -0.05) is 18.2 Å². The zero-order valence-corrected chi connectivity index (χ0v) is 15.3. The summed E-state index contributed by atoms with van der Waals surface area (Å²) >= 11 is 0. The Bertz CT molecular complexity index is 882. The normalized spacial score (nSPS) is 16.9. The topological polar surface area (TPSA) is 90.8 Å². The summed E-state index contributed by atoms with van der Waals surface area (Å²) in [6, 6.07) is 11.6. The molecule has 27 heavy (non-hydrogen) atoms. The van der Waals surface area contributed by atoms with Crippen molar-refractivity contribution in [3.8, 4) is 0 Å². The fourth-order valence-electron chi connectivity index (χ4n) is 3.31. The van der Waals surface area contributed by atoms with Crippen LogP contribution >= 0.6 is 0 Å². The third-order valence-electron chi connectivity index (χ3n) is 4.80. The van der Waals surface area contributed by atoms with Crippen molar-refractivity contribution in [2.75, 3.05) is 18.5 Å². The minimum Gasteiger partial charge on any atom is -0.478 e. The second-order valence-electron chi connectivity index (χ2n) is 6.53. The zero-order chi connectivity index (χ0) is 19.6. The molecule has 1 aromatic carbocycles. The number of pyridine rings is 1. The third kappa shape index (κ3) is 3.67. The molecule has 2 amide bonds. The molecule has 1 fully saturated rings. The van der Waals surface area contributed by atoms with E-state index in [2.05, 4.69) is 4.98 Å². The number of aromatic nitrogens is 1. The van der Waals surface area contributed by atoms with Gasteiger partial charge in [0.1, 0.15) is 11.7 Å². The maximum absolute atomic E-state index is 12.9. The van der Waals surface area contributed by atoms with E-state index in [0.717, 1.165) is 12.1 Å². The third-order valence-corrected chi connectivity index (χ3v) is 4.80. The Morgan fingerprint density at radius 2 is 1.89 bits per heavy atom. The van der Waals surface area contributed by atoms with Crippen molar-refractivity contribution in [1.29, 1.82) is 0 Å². The molecule has 1 unspecified atom stereocenters. The Morgan fingerprint density at radius 3 is 2.52 bits per heavy atom. The number of aryl methyl sites for hydroxylation is 1. The molecule has 0 radical (unpaired) electrons. The van der Waals surface area contributed by atoms with E-state index >= 15 is 0 Å². The molecule has 0 saturated carbocycles. The first-order valence-electron chi connectivity index (χ1n) is 8.74. The molecule has 0 spiro atoms. The van der Waals surface area contributed by atoms with Crippen LogP contribution in [0.5, 0.6) is 0 Å². The summed E-state index contributed by atoms with van der Waals surface area (Å²) in [7, 11) is 1.58. The number of para-hydroxylation sites is 1. The van der Waals surface area contributed by atoms with Crippen LogP contribution in [0.4, 0.5) is 5.69 Å². The number of amides is 2. The predicted octanol–water partition coefficient (Wildman–Crippen LogP) is 2.36. The number of carboxylic acid groups (broad SMARTS) is 1. The monoisotopic (exact) mass is 367 g/mol. The fraction of sp³-hybridized carbons (Fsp3) is 0.300. The van der Waals surface area contributed by atoms with Gasteiger partial charge in [-0.15, -0.1) is 0 Å². The standard InChI is InChI=1S/C20H21N3O4/c1-13-15(20(26)27)10-11-16(21-13)18(24)22(2)17-9-6-12-23(19(17)25)14-7-4-3-5-8-14/h3-5,7-8,10-11,17H,6,9,12H2,1-2H3,(H,26,27). The summed E-state index contributed by atoms with van der Waals surface area (Å²) in [6.07, 6.45) is 1.37. The van der Waals surface area contributed by atoms with Crippen LogP contribution in [0.15, 0.2) is 42.5 Å². The molecule has 0 bridgehead atoms. The van der Waals surface area contributed by atoms with E-state index in [4.69, 9.17) is 5.11 Å². The number of piperidine rings is 1. The lowest BCUT2D eigenvalue weighted by Crippen LogP contribution is -2.53. The first-order chi connectivity index (χ1) is 12.9. The van der Waals surface area contributed by atoms with Crippen LogP contribution in [0, 0.1) is 6.92 Å². The van der Waals surface area contributed by atoms with Crippen LogP contribution in [0.25, 0.3) is 0 Å². The minimum atomic E-state index is -1.09. The van der Waals surface area contributed by atoms with Gasteiger partial charge in [0.05, 0.1) is 11.3 Å². The lowest BCUT2D eigenvalue weighted by molar-refractivity contribution is -0.124. The Balaban J connectivity index is 1.81. The largest absolute Gasteiger partial charge is 0.478 e. The first-order valence-corrected chi connectivity index (χ1v) is 8.74. The lowest BCUT2D eigenvalue weighted by atomic mass is 10.0. The smallest absolute Gasteiger partial charge is 0.337 e. The van der Waals surface area contributed by atoms with Gasteiger partial charge in [0.15, 0.2) is 0 Å². The number of aromatic carboxylic acids is 1. The maximum atomic E-state index is 12.9. The van der Waals surface area contributed by atoms with E-state index in [9.17, 15) is 14.4 Å². The Hall–Kier alpha value is -3.22. The number of hydrogen-bond acceptors (Lipinski definition) is 4. The highest BCUT2D eigenvalue weighted by Gasteiger charge is 2.35. The van der Waals surface area contributed by atoms with Crippen molar-refractivity contribution in [2.45, 2.75) is 25.8 Å². The fourth-order valence-corrected chi connectivity index (χ4v) is 3.31. The van der Waals surface area contributed by atoms with Gasteiger partial charge in [0.2, 0.25) is 5.91 Å². The van der Waals surface area contributed by atoms with Crippen molar-refractivity contribution in [3.63, 3.8) is 0 Å². The van der Waals surface area contributed by atoms with Gasteiger partial charge in [-0.25, -0.2) is 9.78 Å². The molecule has 140 valence electrons. The van der Waals surface area contributed by atoms with Crippen molar-refractivity contribution in [3.05, 3.63) is 59.4 Å². The van der Waals surface area contributed by atoms with Crippen molar-refractivity contribution < 1.29 is 19.5 Å². The summed E-state index contributed by atoms with van der Waals surface area (Å²) in [6.45, 7) is 2.16. The average Bonchev–Trinajstić information content (AvgIpc) is 2.67. The Morgan fingerprint density at radius 1 is 1.19 bits per heavy atom. The molecular weight excluding hydrogens is 346 g/mol. The number of carbonyl (C=O) groups is 3. The van der Waals surface area contributed by atoms with Crippen molar-refractivity contribution in [2.24, 2.45) is 0 Å². The Kier molecular flexibility index (Phi) is 5.21. The molecule has 7 nitrogen and oxygen atoms in total. The molecule has 1 N–H and O–H groups in total. The molecule has 1 aliphatic rings. The molecule has 1 aromatic heterocycles. The number of benzene rings is 1. The number of rotatable bonds is 4. The number of carboxylic acids is 1. The summed E-state index contributed by atoms with van der Waals surface area (Å²) in [5, 5.41) is 9.09. The van der Waals surface area contributed by atoms with Crippen molar-refractivity contribution in [1.82, 2.24) is 9.88 Å². The van der Waals surface area contributed by atoms with E-state index in [1.807, 2.05) is 30.3 Å². The first kappa shape index (κ1) is 18.6. The second-order valence-corrected chi connectivity index (χ2v) is 6.53. The molecule has 2 heterocycles. The van der Waals surface area contributed by atoms with Crippen molar-refractivity contribution >= 4 is 23.5 Å². The van der Waals surface area contributed by atoms with E-state index in [1.165, 1.54) is 17.0 Å². The van der Waals surface area contributed by atoms with E-state index in [1.54, 1.807) is 18.9 Å². The predicted molar refractivity (Wildman–Crippen MR) is 99.8 cm³/mol. The van der Waals surface area contributed by atoms with Gasteiger partial charge < -0.3 is 14.9 Å². The summed E-state index contributed by atoms with van der Waals surface area (Å²) < 4.78 is 0. The van der Waals surface area contributed by atoms with Crippen LogP contribution in [0.1, 0.15) is 39.4 Å². The molecular formula is C20H21N3O4. The van der Waals surface area contributed by atoms with Crippen LogP contribution < -0.4 is 4.90 Å². The molecule has 3 rings (SSSR count). The highest BCUT2D eigenvalue weighted by Crippen LogP contribution is 2.24. The molecule has 7 heteroatoms. The highest BCUT2D eigenvalue weighted by atomic mass is 16.4. The minimum absolute atomic E-state index is 0.0539. The SMILES string of the molecule is Cc1nc(C(=O)N(C)C2CCCN(c3ccccc3)C2=O)ccc1C(=O)O. The maximum Gasteiger partial charge on any atom is 0.337 e. The van der Waals surface area contributed by atoms with Crippen LogP contribution in [0.2, 0.25) is 0 Å². The number of anilines is 1.